The van der Waals surface area contributed by atoms with Crippen LogP contribution in [0.1, 0.15) is 30.2 Å². The first-order valence-corrected chi connectivity index (χ1v) is 8.65. The van der Waals surface area contributed by atoms with E-state index in [2.05, 4.69) is 59.5 Å². The number of nitrogens with zero attached hydrogens (tertiary/aromatic N) is 2. The van der Waals surface area contributed by atoms with E-state index in [4.69, 9.17) is 11.6 Å². The zero-order valence-corrected chi connectivity index (χ0v) is 14.3. The summed E-state index contributed by atoms with van der Waals surface area (Å²) in [5, 5.41) is 4.65. The number of aromatic nitrogens is 2. The van der Waals surface area contributed by atoms with Crippen LogP contribution in [0.2, 0.25) is 5.28 Å². The summed E-state index contributed by atoms with van der Waals surface area (Å²) in [7, 11) is 0. The van der Waals surface area contributed by atoms with Gasteiger partial charge in [-0.15, -0.1) is 11.3 Å². The molecular weight excluding hydrogens is 314 g/mol. The molecule has 114 valence electrons. The van der Waals surface area contributed by atoms with Gasteiger partial charge in [0.25, 0.3) is 0 Å². The van der Waals surface area contributed by atoms with Crippen LogP contribution < -0.4 is 5.32 Å². The fraction of sp³-hybridized carbons (Fsp3) is 0.294. The first-order chi connectivity index (χ1) is 10.7. The van der Waals surface area contributed by atoms with Crippen molar-refractivity contribution in [3.63, 3.8) is 0 Å². The van der Waals surface area contributed by atoms with Crippen LogP contribution in [-0.4, -0.2) is 9.97 Å². The molecule has 0 radical (unpaired) electrons. The van der Waals surface area contributed by atoms with Crippen molar-refractivity contribution >= 4 is 44.7 Å². The summed E-state index contributed by atoms with van der Waals surface area (Å²) in [6, 6.07) is 10.6. The topological polar surface area (TPSA) is 37.8 Å². The summed E-state index contributed by atoms with van der Waals surface area (Å²) in [6.45, 7) is 4.27. The molecule has 0 aliphatic carbocycles. The van der Waals surface area contributed by atoms with Gasteiger partial charge in [0.2, 0.25) is 5.28 Å². The van der Waals surface area contributed by atoms with Gasteiger partial charge in [-0.3, -0.25) is 0 Å². The largest absolute Gasteiger partial charge is 0.340 e. The number of anilines is 2. The third-order valence-electron chi connectivity index (χ3n) is 3.52. The minimum atomic E-state index is 0.274. The van der Waals surface area contributed by atoms with Crippen LogP contribution in [0.3, 0.4) is 0 Å². The Bertz CT molecular complexity index is 780. The summed E-state index contributed by atoms with van der Waals surface area (Å²) >= 11 is 7.65. The molecule has 0 atom stereocenters. The van der Waals surface area contributed by atoms with E-state index in [1.165, 1.54) is 23.3 Å². The van der Waals surface area contributed by atoms with Gasteiger partial charge in [-0.1, -0.05) is 25.5 Å². The smallest absolute Gasteiger partial charge is 0.225 e. The Kier molecular flexibility index (Phi) is 4.60. The minimum Gasteiger partial charge on any atom is -0.340 e. The van der Waals surface area contributed by atoms with Gasteiger partial charge in [-0.2, -0.15) is 4.98 Å². The second-order valence-corrected chi connectivity index (χ2v) is 6.92. The molecule has 1 N–H and O–H groups in total. The summed E-state index contributed by atoms with van der Waals surface area (Å²) in [6.07, 6.45) is 3.57. The lowest BCUT2D eigenvalue weighted by Gasteiger charge is -2.08. The van der Waals surface area contributed by atoms with Crippen molar-refractivity contribution in [3.8, 4) is 0 Å². The number of halogens is 1. The normalized spacial score (nSPS) is 11.0. The molecule has 3 nitrogen and oxygen atoms in total. The Morgan fingerprint density at radius 3 is 2.68 bits per heavy atom. The average Bonchev–Trinajstić information content (AvgIpc) is 2.87. The highest BCUT2D eigenvalue weighted by Crippen LogP contribution is 2.31. The van der Waals surface area contributed by atoms with Crippen LogP contribution in [-0.2, 0) is 6.42 Å². The molecular formula is C17H18ClN3S. The third kappa shape index (κ3) is 3.39. The van der Waals surface area contributed by atoms with Crippen LogP contribution in [0.5, 0.6) is 0 Å². The number of hydrogen-bond acceptors (Lipinski definition) is 4. The van der Waals surface area contributed by atoms with Crippen molar-refractivity contribution in [1.82, 2.24) is 9.97 Å². The predicted octanol–water partition coefficient (Wildman–Crippen LogP) is 5.74. The molecule has 0 aliphatic rings. The SMILES string of the molecule is CCCCc1ccc(Nc2nc(Cl)nc3sc(C)cc23)cc1. The molecule has 0 aliphatic heterocycles. The van der Waals surface area contributed by atoms with E-state index in [-0.39, 0.29) is 5.28 Å². The Morgan fingerprint density at radius 1 is 1.18 bits per heavy atom. The van der Waals surface area contributed by atoms with Crippen LogP contribution in [0.4, 0.5) is 11.5 Å². The van der Waals surface area contributed by atoms with Crippen molar-refractivity contribution in [2.75, 3.05) is 5.32 Å². The van der Waals surface area contributed by atoms with Crippen molar-refractivity contribution in [1.29, 1.82) is 0 Å². The Balaban J connectivity index is 1.86. The van der Waals surface area contributed by atoms with E-state index in [0.29, 0.717) is 0 Å². The number of hydrogen-bond donors (Lipinski definition) is 1. The van der Waals surface area contributed by atoms with Crippen molar-refractivity contribution < 1.29 is 0 Å². The quantitative estimate of drug-likeness (QED) is 0.606. The standard InChI is InChI=1S/C17H18ClN3S/c1-3-4-5-12-6-8-13(9-7-12)19-15-14-10-11(2)22-16(14)21-17(18)20-15/h6-10H,3-5H2,1-2H3,(H,19,20,21). The average molecular weight is 332 g/mol. The van der Waals surface area contributed by atoms with Gasteiger partial charge in [-0.05, 0) is 55.1 Å². The Labute approximate surface area is 139 Å². The number of thiophene rings is 1. The zero-order chi connectivity index (χ0) is 15.5. The van der Waals surface area contributed by atoms with Crippen molar-refractivity contribution in [2.24, 2.45) is 0 Å². The van der Waals surface area contributed by atoms with Gasteiger partial charge in [0.05, 0.1) is 5.39 Å². The molecule has 0 saturated heterocycles. The van der Waals surface area contributed by atoms with E-state index in [1.54, 1.807) is 11.3 Å². The Hall–Kier alpha value is -1.65. The predicted molar refractivity (Wildman–Crippen MR) is 95.5 cm³/mol. The summed E-state index contributed by atoms with van der Waals surface area (Å²) in [5.74, 6) is 0.764. The molecule has 1 aromatic carbocycles. The molecule has 3 aromatic rings. The number of aryl methyl sites for hydroxylation is 2. The molecule has 3 rings (SSSR count). The monoisotopic (exact) mass is 331 g/mol. The molecule has 2 aromatic heterocycles. The molecule has 0 fully saturated rings. The number of benzene rings is 1. The fourth-order valence-electron chi connectivity index (χ4n) is 2.38. The summed E-state index contributed by atoms with van der Waals surface area (Å²) in [5.41, 5.74) is 2.38. The number of unbranched alkanes of at least 4 members (excludes halogenated alkanes) is 1. The van der Waals surface area contributed by atoms with Gasteiger partial charge in [0, 0.05) is 10.6 Å². The van der Waals surface area contributed by atoms with E-state index in [0.717, 1.165) is 28.1 Å². The molecule has 0 spiro atoms. The van der Waals surface area contributed by atoms with E-state index < -0.39 is 0 Å². The molecule has 22 heavy (non-hydrogen) atoms. The number of nitrogens with one attached hydrogen (secondary N) is 1. The van der Waals surface area contributed by atoms with E-state index >= 15 is 0 Å². The number of fused-ring (bicyclic) bond motifs is 1. The fourth-order valence-corrected chi connectivity index (χ4v) is 3.48. The molecule has 2 heterocycles. The highest BCUT2D eigenvalue weighted by molar-refractivity contribution is 7.18. The second kappa shape index (κ2) is 6.63. The van der Waals surface area contributed by atoms with Crippen LogP contribution in [0.25, 0.3) is 10.2 Å². The molecule has 0 amide bonds. The van der Waals surface area contributed by atoms with Crippen LogP contribution >= 0.6 is 22.9 Å². The second-order valence-electron chi connectivity index (χ2n) is 5.34. The summed E-state index contributed by atoms with van der Waals surface area (Å²) in [4.78, 5) is 10.7. The molecule has 5 heteroatoms. The lowest BCUT2D eigenvalue weighted by molar-refractivity contribution is 0.795. The first-order valence-electron chi connectivity index (χ1n) is 7.45. The van der Waals surface area contributed by atoms with Crippen LogP contribution in [0.15, 0.2) is 30.3 Å². The van der Waals surface area contributed by atoms with E-state index in [1.807, 2.05) is 0 Å². The molecule has 0 saturated carbocycles. The zero-order valence-electron chi connectivity index (χ0n) is 12.7. The maximum Gasteiger partial charge on any atom is 0.225 e. The maximum atomic E-state index is 6.03. The van der Waals surface area contributed by atoms with Gasteiger partial charge in [0.15, 0.2) is 0 Å². The first kappa shape index (κ1) is 15.3. The lowest BCUT2D eigenvalue weighted by Crippen LogP contribution is -1.96. The Morgan fingerprint density at radius 2 is 1.95 bits per heavy atom. The molecule has 0 unspecified atom stereocenters. The number of rotatable bonds is 5. The van der Waals surface area contributed by atoms with Crippen molar-refractivity contribution in [3.05, 3.63) is 46.1 Å². The van der Waals surface area contributed by atoms with Gasteiger partial charge in [-0.25, -0.2) is 4.98 Å². The lowest BCUT2D eigenvalue weighted by atomic mass is 10.1. The van der Waals surface area contributed by atoms with Gasteiger partial charge >= 0.3 is 0 Å². The van der Waals surface area contributed by atoms with Crippen molar-refractivity contribution in [2.45, 2.75) is 33.1 Å². The summed E-state index contributed by atoms with van der Waals surface area (Å²) < 4.78 is 0. The van der Waals surface area contributed by atoms with E-state index in [9.17, 15) is 0 Å². The van der Waals surface area contributed by atoms with Crippen LogP contribution in [0, 0.1) is 6.92 Å². The molecule has 0 bridgehead atoms. The highest BCUT2D eigenvalue weighted by atomic mass is 35.5. The minimum absolute atomic E-state index is 0.274. The third-order valence-corrected chi connectivity index (χ3v) is 4.64. The van der Waals surface area contributed by atoms with Gasteiger partial charge in [0.1, 0.15) is 10.6 Å². The maximum absolute atomic E-state index is 6.03. The highest BCUT2D eigenvalue weighted by Gasteiger charge is 2.10. The van der Waals surface area contributed by atoms with Gasteiger partial charge < -0.3 is 5.32 Å².